The first-order valence-corrected chi connectivity index (χ1v) is 11.0. The van der Waals surface area contributed by atoms with Crippen molar-refractivity contribution in [2.75, 3.05) is 45.2 Å². The summed E-state index contributed by atoms with van der Waals surface area (Å²) >= 11 is 0. The van der Waals surface area contributed by atoms with Gasteiger partial charge in [0.25, 0.3) is 0 Å². The smallest absolute Gasteiger partial charge is 0.227 e. The van der Waals surface area contributed by atoms with Gasteiger partial charge in [0, 0.05) is 38.3 Å². The molecule has 0 N–H and O–H groups in total. The number of fused-ring (bicyclic) bond motifs is 1. The average molecular weight is 400 g/mol. The van der Waals surface area contributed by atoms with Crippen LogP contribution in [0.3, 0.4) is 0 Å². The summed E-state index contributed by atoms with van der Waals surface area (Å²) < 4.78 is 5.19. The van der Waals surface area contributed by atoms with E-state index in [-0.39, 0.29) is 17.7 Å². The van der Waals surface area contributed by atoms with Crippen LogP contribution in [0.4, 0.5) is 5.69 Å². The zero-order valence-electron chi connectivity index (χ0n) is 17.7. The lowest BCUT2D eigenvalue weighted by molar-refractivity contribution is -0.135. The van der Waals surface area contributed by atoms with Crippen molar-refractivity contribution in [3.63, 3.8) is 0 Å². The van der Waals surface area contributed by atoms with Crippen LogP contribution >= 0.6 is 0 Å². The number of carbonyl (C=O) groups is 2. The molecule has 0 aromatic heterocycles. The van der Waals surface area contributed by atoms with E-state index in [2.05, 4.69) is 4.90 Å². The fourth-order valence-electron chi connectivity index (χ4n) is 5.43. The van der Waals surface area contributed by atoms with Crippen LogP contribution < -0.4 is 9.64 Å². The number of rotatable bonds is 5. The van der Waals surface area contributed by atoms with Crippen LogP contribution in [0.1, 0.15) is 38.5 Å². The highest BCUT2D eigenvalue weighted by atomic mass is 16.5. The number of piperidine rings is 2. The summed E-state index contributed by atoms with van der Waals surface area (Å²) in [5.74, 6) is 1.21. The molecular weight excluding hydrogens is 366 g/mol. The van der Waals surface area contributed by atoms with E-state index in [1.807, 2.05) is 36.2 Å². The van der Waals surface area contributed by atoms with Crippen molar-refractivity contribution in [3.05, 3.63) is 24.3 Å². The molecule has 4 rings (SSSR count). The Balaban J connectivity index is 1.36. The number of carbonyl (C=O) groups excluding carboxylic acids is 2. The molecule has 0 radical (unpaired) electrons. The van der Waals surface area contributed by atoms with E-state index in [0.29, 0.717) is 24.9 Å². The molecule has 3 atom stereocenters. The Morgan fingerprint density at radius 2 is 1.90 bits per heavy atom. The van der Waals surface area contributed by atoms with Crippen LogP contribution in [0.2, 0.25) is 0 Å². The van der Waals surface area contributed by atoms with Crippen LogP contribution in [-0.2, 0) is 9.59 Å². The summed E-state index contributed by atoms with van der Waals surface area (Å²) in [5.41, 5.74) is 0.832. The van der Waals surface area contributed by atoms with E-state index in [1.54, 1.807) is 12.0 Å². The number of hydrogen-bond donors (Lipinski definition) is 0. The lowest BCUT2D eigenvalue weighted by Gasteiger charge is -2.45. The Kier molecular flexibility index (Phi) is 6.09. The maximum absolute atomic E-state index is 13.1. The predicted octanol–water partition coefficient (Wildman–Crippen LogP) is 2.77. The molecule has 3 aliphatic heterocycles. The van der Waals surface area contributed by atoms with Gasteiger partial charge in [0.05, 0.1) is 13.0 Å². The van der Waals surface area contributed by atoms with E-state index in [0.717, 1.165) is 18.0 Å². The highest BCUT2D eigenvalue weighted by molar-refractivity contribution is 6.00. The standard InChI is InChI=1S/C23H33N3O3/c1-24(15-17-6-5-13-25-12-4-3-7-21(17)25)23(28)18-14-22(27)26(16-18)19-8-10-20(29-2)11-9-19/h8-11,17-18,21H,3-7,12-16H2,1-2H3/t17-,18+,21-/m0/s1. The van der Waals surface area contributed by atoms with Gasteiger partial charge in [-0.05, 0) is 69.0 Å². The Morgan fingerprint density at radius 1 is 1.14 bits per heavy atom. The Morgan fingerprint density at radius 3 is 2.66 bits per heavy atom. The minimum Gasteiger partial charge on any atom is -0.497 e. The van der Waals surface area contributed by atoms with E-state index in [9.17, 15) is 9.59 Å². The third-order valence-corrected chi connectivity index (χ3v) is 6.97. The number of ether oxygens (including phenoxy) is 1. The number of methoxy groups -OCH3 is 1. The summed E-state index contributed by atoms with van der Waals surface area (Å²) in [7, 11) is 3.55. The normalized spacial score (nSPS) is 27.6. The van der Waals surface area contributed by atoms with E-state index in [1.165, 1.54) is 45.2 Å². The Labute approximate surface area is 173 Å². The van der Waals surface area contributed by atoms with Gasteiger partial charge in [-0.25, -0.2) is 0 Å². The molecule has 3 fully saturated rings. The van der Waals surface area contributed by atoms with Gasteiger partial charge < -0.3 is 19.4 Å². The maximum Gasteiger partial charge on any atom is 0.227 e. The van der Waals surface area contributed by atoms with Crippen molar-refractivity contribution in [1.29, 1.82) is 0 Å². The quantitative estimate of drug-likeness (QED) is 0.764. The number of nitrogens with zero attached hydrogens (tertiary/aromatic N) is 3. The SMILES string of the molecule is COc1ccc(N2C[C@H](C(=O)N(C)C[C@@H]3CCCN4CCCC[C@@H]34)CC2=O)cc1. The summed E-state index contributed by atoms with van der Waals surface area (Å²) in [6.07, 6.45) is 6.62. The summed E-state index contributed by atoms with van der Waals surface area (Å²) in [4.78, 5) is 32.0. The molecule has 6 nitrogen and oxygen atoms in total. The van der Waals surface area contributed by atoms with Crippen molar-refractivity contribution < 1.29 is 14.3 Å². The van der Waals surface area contributed by atoms with Gasteiger partial charge in [-0.2, -0.15) is 0 Å². The second kappa shape index (κ2) is 8.74. The molecular formula is C23H33N3O3. The van der Waals surface area contributed by atoms with Crippen molar-refractivity contribution in [2.45, 2.75) is 44.6 Å². The maximum atomic E-state index is 13.1. The van der Waals surface area contributed by atoms with Crippen molar-refractivity contribution in [3.8, 4) is 5.75 Å². The highest BCUT2D eigenvalue weighted by Crippen LogP contribution is 2.32. The van der Waals surface area contributed by atoms with Gasteiger partial charge in [0.15, 0.2) is 0 Å². The monoisotopic (exact) mass is 399 g/mol. The van der Waals surface area contributed by atoms with Gasteiger partial charge in [-0.1, -0.05) is 6.42 Å². The van der Waals surface area contributed by atoms with Crippen LogP contribution in [0.25, 0.3) is 0 Å². The molecule has 0 unspecified atom stereocenters. The van der Waals surface area contributed by atoms with Crippen LogP contribution in [-0.4, -0.2) is 68.0 Å². The predicted molar refractivity (Wildman–Crippen MR) is 113 cm³/mol. The van der Waals surface area contributed by atoms with Gasteiger partial charge in [0.1, 0.15) is 5.75 Å². The van der Waals surface area contributed by atoms with Crippen LogP contribution in [0.5, 0.6) is 5.75 Å². The minimum absolute atomic E-state index is 0.0260. The summed E-state index contributed by atoms with van der Waals surface area (Å²) in [5, 5.41) is 0. The lowest BCUT2D eigenvalue weighted by atomic mass is 9.83. The molecule has 158 valence electrons. The molecule has 0 bridgehead atoms. The van der Waals surface area contributed by atoms with E-state index in [4.69, 9.17) is 4.74 Å². The molecule has 0 saturated carbocycles. The van der Waals surface area contributed by atoms with Gasteiger partial charge in [-0.15, -0.1) is 0 Å². The first kappa shape index (κ1) is 20.2. The molecule has 6 heteroatoms. The Bertz CT molecular complexity index is 733. The molecule has 3 heterocycles. The van der Waals surface area contributed by atoms with Crippen LogP contribution in [0.15, 0.2) is 24.3 Å². The van der Waals surface area contributed by atoms with Crippen molar-refractivity contribution >= 4 is 17.5 Å². The lowest BCUT2D eigenvalue weighted by Crippen LogP contribution is -2.51. The zero-order chi connectivity index (χ0) is 20.4. The first-order valence-electron chi connectivity index (χ1n) is 11.0. The second-order valence-corrected chi connectivity index (χ2v) is 8.82. The topological polar surface area (TPSA) is 53.1 Å². The third-order valence-electron chi connectivity index (χ3n) is 6.97. The van der Waals surface area contributed by atoms with E-state index >= 15 is 0 Å². The van der Waals surface area contributed by atoms with Gasteiger partial charge in [-0.3, -0.25) is 9.59 Å². The molecule has 0 aliphatic carbocycles. The van der Waals surface area contributed by atoms with E-state index < -0.39 is 0 Å². The van der Waals surface area contributed by atoms with Gasteiger partial charge >= 0.3 is 0 Å². The third kappa shape index (κ3) is 4.27. The number of benzene rings is 1. The summed E-state index contributed by atoms with van der Waals surface area (Å²) in [6.45, 7) is 3.71. The Hall–Kier alpha value is -2.08. The molecule has 29 heavy (non-hydrogen) atoms. The zero-order valence-corrected chi connectivity index (χ0v) is 17.7. The molecule has 1 aromatic rings. The number of amides is 2. The molecule has 2 amide bonds. The molecule has 0 spiro atoms. The number of hydrogen-bond acceptors (Lipinski definition) is 4. The fraction of sp³-hybridized carbons (Fsp3) is 0.652. The molecule has 3 aliphatic rings. The van der Waals surface area contributed by atoms with Crippen LogP contribution in [0, 0.1) is 11.8 Å². The van der Waals surface area contributed by atoms with Crippen molar-refractivity contribution in [1.82, 2.24) is 9.80 Å². The summed E-state index contributed by atoms with van der Waals surface area (Å²) in [6, 6.07) is 8.10. The fourth-order valence-corrected chi connectivity index (χ4v) is 5.43. The second-order valence-electron chi connectivity index (χ2n) is 8.82. The first-order chi connectivity index (χ1) is 14.1. The average Bonchev–Trinajstić information content (AvgIpc) is 3.15. The molecule has 1 aromatic carbocycles. The largest absolute Gasteiger partial charge is 0.497 e. The minimum atomic E-state index is -0.249. The highest BCUT2D eigenvalue weighted by Gasteiger charge is 2.38. The molecule has 3 saturated heterocycles. The van der Waals surface area contributed by atoms with Crippen molar-refractivity contribution in [2.24, 2.45) is 11.8 Å². The number of anilines is 1. The van der Waals surface area contributed by atoms with Gasteiger partial charge in [0.2, 0.25) is 11.8 Å².